The molecule has 0 saturated heterocycles. The predicted octanol–water partition coefficient (Wildman–Crippen LogP) is -0.0114. The quantitative estimate of drug-likeness (QED) is 0.367. The minimum atomic E-state index is -0.532. The van der Waals surface area contributed by atoms with Crippen molar-refractivity contribution in [2.45, 2.75) is 0 Å². The Bertz CT molecular complexity index is 305. The summed E-state index contributed by atoms with van der Waals surface area (Å²) in [7, 11) is 0. The van der Waals surface area contributed by atoms with Gasteiger partial charge in [-0.25, -0.2) is 0 Å². The van der Waals surface area contributed by atoms with Crippen molar-refractivity contribution in [3.8, 4) is 0 Å². The molecule has 0 saturated carbocycles. The summed E-state index contributed by atoms with van der Waals surface area (Å²) in [5, 5.41) is 10.9. The van der Waals surface area contributed by atoms with Crippen LogP contribution >= 0.6 is 0 Å². The Kier molecular flexibility index (Phi) is 2.37. The van der Waals surface area contributed by atoms with E-state index in [0.717, 1.165) is 6.21 Å². The number of oxime groups is 1. The maximum absolute atomic E-state index is 10.6. The van der Waals surface area contributed by atoms with Crippen molar-refractivity contribution in [3.05, 3.63) is 29.6 Å². The molecule has 12 heavy (non-hydrogen) atoms. The fourth-order valence-corrected chi connectivity index (χ4v) is 0.687. The zero-order chi connectivity index (χ0) is 8.97. The third kappa shape index (κ3) is 1.79. The first-order chi connectivity index (χ1) is 5.74. The Hall–Kier alpha value is -1.91. The van der Waals surface area contributed by atoms with E-state index in [4.69, 9.17) is 10.9 Å². The van der Waals surface area contributed by atoms with Crippen LogP contribution in [0.2, 0.25) is 0 Å². The van der Waals surface area contributed by atoms with Gasteiger partial charge in [-0.1, -0.05) is 5.16 Å². The Morgan fingerprint density at radius 3 is 2.83 bits per heavy atom. The van der Waals surface area contributed by atoms with E-state index in [1.807, 2.05) is 0 Å². The molecule has 1 amide bonds. The maximum atomic E-state index is 10.6. The molecule has 0 aliphatic carbocycles. The molecule has 0 unspecified atom stereocenters. The Labute approximate surface area is 68.5 Å². The lowest BCUT2D eigenvalue weighted by Crippen LogP contribution is -2.11. The molecule has 5 nitrogen and oxygen atoms in total. The van der Waals surface area contributed by atoms with Crippen LogP contribution in [0.15, 0.2) is 23.5 Å². The molecule has 0 bridgehead atoms. The zero-order valence-corrected chi connectivity index (χ0v) is 6.14. The van der Waals surface area contributed by atoms with Crippen LogP contribution in [-0.2, 0) is 0 Å². The number of nitrogens with zero attached hydrogens (tertiary/aromatic N) is 2. The average Bonchev–Trinajstić information content (AvgIpc) is 2.06. The third-order valence-corrected chi connectivity index (χ3v) is 1.26. The number of hydrogen-bond acceptors (Lipinski definition) is 4. The maximum Gasteiger partial charge on any atom is 0.250 e. The topological polar surface area (TPSA) is 88.6 Å². The lowest BCUT2D eigenvalue weighted by molar-refractivity contribution is 0.1000. The molecular formula is C7H7N3O2. The summed E-state index contributed by atoms with van der Waals surface area (Å²) in [5.74, 6) is -0.532. The molecular weight excluding hydrogens is 158 g/mol. The van der Waals surface area contributed by atoms with E-state index in [2.05, 4.69) is 10.1 Å². The second kappa shape index (κ2) is 3.47. The number of carbonyl (C=O) groups excluding carboxylic acids is 1. The highest BCUT2D eigenvalue weighted by Gasteiger charge is 1.98. The van der Waals surface area contributed by atoms with Crippen LogP contribution in [0.1, 0.15) is 16.1 Å². The summed E-state index contributed by atoms with van der Waals surface area (Å²) in [5.41, 5.74) is 5.76. The summed E-state index contributed by atoms with van der Waals surface area (Å²) < 4.78 is 0. The molecule has 0 spiro atoms. The zero-order valence-electron chi connectivity index (χ0n) is 6.14. The highest BCUT2D eigenvalue weighted by molar-refractivity contribution is 5.92. The van der Waals surface area contributed by atoms with E-state index >= 15 is 0 Å². The van der Waals surface area contributed by atoms with Gasteiger partial charge in [-0.05, 0) is 12.1 Å². The molecule has 1 heterocycles. The van der Waals surface area contributed by atoms with E-state index in [0.29, 0.717) is 11.3 Å². The van der Waals surface area contributed by atoms with Gasteiger partial charge in [-0.15, -0.1) is 0 Å². The number of pyridine rings is 1. The van der Waals surface area contributed by atoms with Crippen molar-refractivity contribution >= 4 is 12.1 Å². The highest BCUT2D eigenvalue weighted by atomic mass is 16.4. The molecule has 0 aliphatic rings. The summed E-state index contributed by atoms with van der Waals surface area (Å²) in [6, 6.07) is 3.03. The first-order valence-corrected chi connectivity index (χ1v) is 3.17. The van der Waals surface area contributed by atoms with Gasteiger partial charge >= 0.3 is 0 Å². The van der Waals surface area contributed by atoms with Gasteiger partial charge in [0, 0.05) is 6.20 Å². The van der Waals surface area contributed by atoms with Crippen molar-refractivity contribution in [1.82, 2.24) is 4.98 Å². The number of aromatic nitrogens is 1. The molecule has 3 N–H and O–H groups in total. The molecule has 0 aliphatic heterocycles. The lowest BCUT2D eigenvalue weighted by Gasteiger charge is -1.93. The van der Waals surface area contributed by atoms with E-state index in [-0.39, 0.29) is 0 Å². The van der Waals surface area contributed by atoms with Crippen LogP contribution in [0.3, 0.4) is 0 Å². The smallest absolute Gasteiger partial charge is 0.250 e. The van der Waals surface area contributed by atoms with Crippen molar-refractivity contribution < 1.29 is 10.0 Å². The van der Waals surface area contributed by atoms with Crippen LogP contribution in [0.5, 0.6) is 0 Å². The SMILES string of the molecule is NC(=O)c1ccc(/C=N\O)nc1. The molecule has 1 rings (SSSR count). The molecule has 62 valence electrons. The van der Waals surface area contributed by atoms with Crippen molar-refractivity contribution in [2.75, 3.05) is 0 Å². The van der Waals surface area contributed by atoms with Crippen LogP contribution in [0, 0.1) is 0 Å². The Morgan fingerprint density at radius 1 is 1.67 bits per heavy atom. The van der Waals surface area contributed by atoms with Gasteiger partial charge < -0.3 is 10.9 Å². The van der Waals surface area contributed by atoms with Crippen LogP contribution < -0.4 is 5.73 Å². The monoisotopic (exact) mass is 165 g/mol. The predicted molar refractivity (Wildman–Crippen MR) is 42.1 cm³/mol. The van der Waals surface area contributed by atoms with Crippen LogP contribution in [-0.4, -0.2) is 22.3 Å². The normalized spacial score (nSPS) is 10.3. The largest absolute Gasteiger partial charge is 0.411 e. The van der Waals surface area contributed by atoms with Gasteiger partial charge in [0.05, 0.1) is 17.5 Å². The Morgan fingerprint density at radius 2 is 2.42 bits per heavy atom. The van der Waals surface area contributed by atoms with Crippen molar-refractivity contribution in [1.29, 1.82) is 0 Å². The fourth-order valence-electron chi connectivity index (χ4n) is 0.687. The first-order valence-electron chi connectivity index (χ1n) is 3.17. The summed E-state index contributed by atoms with van der Waals surface area (Å²) in [6.45, 7) is 0. The van der Waals surface area contributed by atoms with E-state index in [9.17, 15) is 4.79 Å². The lowest BCUT2D eigenvalue weighted by atomic mass is 10.2. The van der Waals surface area contributed by atoms with Crippen LogP contribution in [0.25, 0.3) is 0 Å². The summed E-state index contributed by atoms with van der Waals surface area (Å²) >= 11 is 0. The van der Waals surface area contributed by atoms with Gasteiger partial charge in [0.15, 0.2) is 0 Å². The van der Waals surface area contributed by atoms with Crippen LogP contribution in [0.4, 0.5) is 0 Å². The van der Waals surface area contributed by atoms with Crippen molar-refractivity contribution in [3.63, 3.8) is 0 Å². The fraction of sp³-hybridized carbons (Fsp3) is 0. The summed E-state index contributed by atoms with van der Waals surface area (Å²) in [6.07, 6.45) is 2.48. The highest BCUT2D eigenvalue weighted by Crippen LogP contribution is 1.96. The third-order valence-electron chi connectivity index (χ3n) is 1.26. The number of nitrogens with two attached hydrogens (primary N) is 1. The second-order valence-corrected chi connectivity index (χ2v) is 2.08. The average molecular weight is 165 g/mol. The van der Waals surface area contributed by atoms with E-state index in [1.165, 1.54) is 18.3 Å². The van der Waals surface area contributed by atoms with Crippen molar-refractivity contribution in [2.24, 2.45) is 10.9 Å². The number of carbonyl (C=O) groups is 1. The van der Waals surface area contributed by atoms with Gasteiger partial charge in [0.1, 0.15) is 0 Å². The molecule has 0 atom stereocenters. The number of primary amides is 1. The molecule has 5 heteroatoms. The number of rotatable bonds is 2. The first kappa shape index (κ1) is 8.19. The molecule has 1 aromatic heterocycles. The van der Waals surface area contributed by atoms with Gasteiger partial charge in [-0.3, -0.25) is 9.78 Å². The number of amides is 1. The number of hydrogen-bond donors (Lipinski definition) is 2. The van der Waals surface area contributed by atoms with Gasteiger partial charge in [0.2, 0.25) is 5.91 Å². The van der Waals surface area contributed by atoms with E-state index < -0.39 is 5.91 Å². The summed E-state index contributed by atoms with van der Waals surface area (Å²) in [4.78, 5) is 14.3. The van der Waals surface area contributed by atoms with E-state index in [1.54, 1.807) is 0 Å². The Balaban J connectivity index is 2.93. The molecule has 0 fully saturated rings. The molecule has 0 radical (unpaired) electrons. The van der Waals surface area contributed by atoms with Gasteiger partial charge in [0.25, 0.3) is 0 Å². The standard InChI is InChI=1S/C7H7N3O2/c8-7(11)5-1-2-6(4-10-12)9-3-5/h1-4,12H,(H2,8,11)/b10-4-. The molecule has 0 aromatic carbocycles. The second-order valence-electron chi connectivity index (χ2n) is 2.08. The van der Waals surface area contributed by atoms with Gasteiger partial charge in [-0.2, -0.15) is 0 Å². The minimum absolute atomic E-state index is 0.324. The minimum Gasteiger partial charge on any atom is -0.411 e. The molecule has 1 aromatic rings.